The van der Waals surface area contributed by atoms with Crippen molar-refractivity contribution in [3.8, 4) is 0 Å². The summed E-state index contributed by atoms with van der Waals surface area (Å²) in [5, 5.41) is -0.291. The molecule has 0 aromatic rings. The number of rotatable bonds is 5. The highest BCUT2D eigenvalue weighted by molar-refractivity contribution is 7.98. The summed E-state index contributed by atoms with van der Waals surface area (Å²) in [5.41, 5.74) is 0. The Kier molecular flexibility index (Phi) is 5.71. The van der Waals surface area contributed by atoms with Gasteiger partial charge in [-0.2, -0.15) is 11.8 Å². The molecule has 2 nitrogen and oxygen atoms in total. The fourth-order valence-corrected chi connectivity index (χ4v) is 2.41. The molecule has 0 aromatic heterocycles. The number of thioether (sulfide) groups is 1. The second-order valence-electron chi connectivity index (χ2n) is 3.63. The predicted octanol–water partition coefficient (Wildman–Crippen LogP) is 2.36. The Morgan fingerprint density at radius 1 is 1.50 bits per heavy atom. The van der Waals surface area contributed by atoms with E-state index in [0.29, 0.717) is 0 Å². The van der Waals surface area contributed by atoms with E-state index in [1.165, 1.54) is 0 Å². The second-order valence-corrected chi connectivity index (χ2v) is 5.15. The number of likely N-dealkylation sites (tertiary alicyclic amines) is 1. The molecule has 0 N–H and O–H groups in total. The molecule has 1 unspecified atom stereocenters. The lowest BCUT2D eigenvalue weighted by Crippen LogP contribution is -2.34. The van der Waals surface area contributed by atoms with Crippen molar-refractivity contribution in [1.82, 2.24) is 4.90 Å². The molecule has 0 aliphatic carbocycles. The van der Waals surface area contributed by atoms with Crippen molar-refractivity contribution in [2.45, 2.75) is 31.1 Å². The summed E-state index contributed by atoms with van der Waals surface area (Å²) in [5.74, 6) is 1.24. The Hall–Kier alpha value is 0.110. The lowest BCUT2D eigenvalue weighted by molar-refractivity contribution is -0.129. The average molecular weight is 236 g/mol. The highest BCUT2D eigenvalue weighted by atomic mass is 35.5. The van der Waals surface area contributed by atoms with Crippen LogP contribution in [0.3, 0.4) is 0 Å². The van der Waals surface area contributed by atoms with Gasteiger partial charge in [-0.05, 0) is 37.7 Å². The molecule has 1 fully saturated rings. The van der Waals surface area contributed by atoms with Crippen molar-refractivity contribution < 1.29 is 4.79 Å². The third kappa shape index (κ3) is 3.70. The first-order valence-corrected chi connectivity index (χ1v) is 7.00. The predicted molar refractivity (Wildman–Crippen MR) is 63.1 cm³/mol. The van der Waals surface area contributed by atoms with Crippen molar-refractivity contribution >= 4 is 29.3 Å². The van der Waals surface area contributed by atoms with Crippen LogP contribution in [0, 0.1) is 0 Å². The van der Waals surface area contributed by atoms with Crippen LogP contribution in [0.15, 0.2) is 0 Å². The molecule has 1 atom stereocenters. The molecule has 1 saturated heterocycles. The van der Waals surface area contributed by atoms with Crippen LogP contribution < -0.4 is 0 Å². The van der Waals surface area contributed by atoms with Crippen LogP contribution in [0.4, 0.5) is 0 Å². The van der Waals surface area contributed by atoms with E-state index in [-0.39, 0.29) is 11.3 Å². The smallest absolute Gasteiger partial charge is 0.240 e. The van der Waals surface area contributed by atoms with E-state index in [9.17, 15) is 4.79 Å². The first-order chi connectivity index (χ1) is 6.75. The normalized spacial score (nSPS) is 18.6. The molecule has 0 radical (unpaired) electrons. The van der Waals surface area contributed by atoms with Gasteiger partial charge in [0.15, 0.2) is 0 Å². The molecule has 1 rings (SSSR count). The molecular weight excluding hydrogens is 218 g/mol. The summed E-state index contributed by atoms with van der Waals surface area (Å²) in [6.45, 7) is 1.81. The molecule has 0 aromatic carbocycles. The lowest BCUT2D eigenvalue weighted by Gasteiger charge is -2.18. The number of halogens is 1. The average Bonchev–Trinajstić information content (AvgIpc) is 2.69. The number of carbonyl (C=O) groups excluding carboxylic acids is 1. The number of carbonyl (C=O) groups is 1. The number of hydrogen-bond donors (Lipinski definition) is 0. The number of alkyl halides is 1. The van der Waals surface area contributed by atoms with Gasteiger partial charge in [0.25, 0.3) is 0 Å². The van der Waals surface area contributed by atoms with Gasteiger partial charge in [0.1, 0.15) is 5.38 Å². The second kappa shape index (κ2) is 6.57. The highest BCUT2D eigenvalue weighted by Gasteiger charge is 2.23. The Morgan fingerprint density at radius 2 is 2.14 bits per heavy atom. The van der Waals surface area contributed by atoms with Gasteiger partial charge >= 0.3 is 0 Å². The third-order valence-corrected chi connectivity index (χ3v) is 3.59. The molecular formula is C10H18ClNOS. The molecule has 14 heavy (non-hydrogen) atoms. The van der Waals surface area contributed by atoms with Gasteiger partial charge in [0, 0.05) is 13.1 Å². The van der Waals surface area contributed by atoms with Crippen LogP contribution in [-0.4, -0.2) is 41.3 Å². The van der Waals surface area contributed by atoms with Crippen LogP contribution in [0.2, 0.25) is 0 Å². The molecule has 1 aliphatic heterocycles. The summed E-state index contributed by atoms with van der Waals surface area (Å²) in [6, 6.07) is 0. The SMILES string of the molecule is CSCCCC(Cl)C(=O)N1CCCC1. The lowest BCUT2D eigenvalue weighted by atomic mass is 10.2. The van der Waals surface area contributed by atoms with Gasteiger partial charge in [-0.1, -0.05) is 0 Å². The van der Waals surface area contributed by atoms with Gasteiger partial charge in [-0.3, -0.25) is 4.79 Å². The van der Waals surface area contributed by atoms with E-state index in [4.69, 9.17) is 11.6 Å². The maximum Gasteiger partial charge on any atom is 0.240 e. The fraction of sp³-hybridized carbons (Fsp3) is 0.900. The van der Waals surface area contributed by atoms with Crippen molar-refractivity contribution in [2.75, 3.05) is 25.1 Å². The first-order valence-electron chi connectivity index (χ1n) is 5.17. The van der Waals surface area contributed by atoms with Crippen molar-refractivity contribution in [1.29, 1.82) is 0 Å². The van der Waals surface area contributed by atoms with Gasteiger partial charge in [0.05, 0.1) is 0 Å². The summed E-state index contributed by atoms with van der Waals surface area (Å²) in [4.78, 5) is 13.6. The van der Waals surface area contributed by atoms with Gasteiger partial charge < -0.3 is 4.90 Å². The Balaban J connectivity index is 2.21. The number of hydrogen-bond acceptors (Lipinski definition) is 2. The van der Waals surface area contributed by atoms with E-state index < -0.39 is 0 Å². The van der Waals surface area contributed by atoms with Gasteiger partial charge in [0.2, 0.25) is 5.91 Å². The zero-order chi connectivity index (χ0) is 10.4. The van der Waals surface area contributed by atoms with E-state index in [1.54, 1.807) is 11.8 Å². The molecule has 1 aliphatic rings. The quantitative estimate of drug-likeness (QED) is 0.539. The minimum absolute atomic E-state index is 0.144. The van der Waals surface area contributed by atoms with E-state index in [0.717, 1.165) is 44.5 Å². The summed E-state index contributed by atoms with van der Waals surface area (Å²) < 4.78 is 0. The van der Waals surface area contributed by atoms with Gasteiger partial charge in [-0.15, -0.1) is 11.6 Å². The Labute approximate surface area is 95.4 Å². The zero-order valence-corrected chi connectivity index (χ0v) is 10.2. The maximum atomic E-state index is 11.7. The van der Waals surface area contributed by atoms with Crippen LogP contribution in [-0.2, 0) is 4.79 Å². The van der Waals surface area contributed by atoms with E-state index >= 15 is 0 Å². The molecule has 0 bridgehead atoms. The van der Waals surface area contributed by atoms with Crippen LogP contribution in [0.25, 0.3) is 0 Å². The number of amides is 1. The summed E-state index contributed by atoms with van der Waals surface area (Å²) in [6.07, 6.45) is 6.21. The molecule has 1 heterocycles. The maximum absolute atomic E-state index is 11.7. The molecule has 82 valence electrons. The molecule has 1 amide bonds. The van der Waals surface area contributed by atoms with Gasteiger partial charge in [-0.25, -0.2) is 0 Å². The molecule has 0 saturated carbocycles. The largest absolute Gasteiger partial charge is 0.341 e. The Bertz CT molecular complexity index is 183. The topological polar surface area (TPSA) is 20.3 Å². The standard InChI is InChI=1S/C10H18ClNOS/c1-14-8-4-5-9(11)10(13)12-6-2-3-7-12/h9H,2-8H2,1H3. The van der Waals surface area contributed by atoms with Crippen molar-refractivity contribution in [2.24, 2.45) is 0 Å². The fourth-order valence-electron chi connectivity index (χ4n) is 1.67. The van der Waals surface area contributed by atoms with Crippen LogP contribution in [0.5, 0.6) is 0 Å². The molecule has 0 spiro atoms. The third-order valence-electron chi connectivity index (χ3n) is 2.49. The summed E-state index contributed by atoms with van der Waals surface area (Å²) in [7, 11) is 0. The Morgan fingerprint density at radius 3 is 2.71 bits per heavy atom. The highest BCUT2D eigenvalue weighted by Crippen LogP contribution is 2.15. The van der Waals surface area contributed by atoms with Crippen molar-refractivity contribution in [3.63, 3.8) is 0 Å². The molecule has 4 heteroatoms. The van der Waals surface area contributed by atoms with Crippen LogP contribution in [0.1, 0.15) is 25.7 Å². The van der Waals surface area contributed by atoms with Crippen molar-refractivity contribution in [3.05, 3.63) is 0 Å². The number of nitrogens with zero attached hydrogens (tertiary/aromatic N) is 1. The van der Waals surface area contributed by atoms with E-state index in [1.807, 2.05) is 4.90 Å². The monoisotopic (exact) mass is 235 g/mol. The first kappa shape index (κ1) is 12.2. The summed E-state index contributed by atoms with van der Waals surface area (Å²) >= 11 is 7.85. The minimum atomic E-state index is -0.291. The zero-order valence-electron chi connectivity index (χ0n) is 8.67. The minimum Gasteiger partial charge on any atom is -0.341 e. The van der Waals surface area contributed by atoms with E-state index in [2.05, 4.69) is 6.26 Å². The van der Waals surface area contributed by atoms with Crippen LogP contribution >= 0.6 is 23.4 Å².